The minimum atomic E-state index is -0.894. The van der Waals surface area contributed by atoms with Crippen molar-refractivity contribution in [3.63, 3.8) is 0 Å². The zero-order chi connectivity index (χ0) is 24.0. The molecule has 5 N–H and O–H groups in total. The van der Waals surface area contributed by atoms with Crippen molar-refractivity contribution in [1.29, 1.82) is 10.7 Å². The second-order valence-corrected chi connectivity index (χ2v) is 7.75. The topological polar surface area (TPSA) is 133 Å². The smallest absolute Gasteiger partial charge is 0.240 e. The molecule has 1 atom stereocenters. The lowest BCUT2D eigenvalue weighted by atomic mass is 10.0. The van der Waals surface area contributed by atoms with Crippen molar-refractivity contribution < 1.29 is 9.18 Å². The SMILES string of the molecule is CC(=N)/C=C(\S)Nc1cc(N[C@H](Cc2ccc(-n3ccnc3)cc2)C(N)=O)c(F)cc1C#N. The first kappa shape index (κ1) is 23.6. The highest BCUT2D eigenvalue weighted by Gasteiger charge is 2.19. The van der Waals surface area contributed by atoms with Crippen molar-refractivity contribution in [3.8, 4) is 11.8 Å². The number of carbonyl (C=O) groups excluding carboxylic acids is 1. The molecule has 0 radical (unpaired) electrons. The Morgan fingerprint density at radius 2 is 2.09 bits per heavy atom. The van der Waals surface area contributed by atoms with Gasteiger partial charge in [-0.1, -0.05) is 12.1 Å². The number of rotatable bonds is 9. The number of thiol groups is 1. The van der Waals surface area contributed by atoms with Crippen LogP contribution in [-0.2, 0) is 11.2 Å². The van der Waals surface area contributed by atoms with Crippen LogP contribution in [0.25, 0.3) is 5.69 Å². The second kappa shape index (κ2) is 10.5. The van der Waals surface area contributed by atoms with Crippen molar-refractivity contribution in [2.24, 2.45) is 5.73 Å². The van der Waals surface area contributed by atoms with Gasteiger partial charge in [0.05, 0.1) is 28.3 Å². The predicted octanol–water partition coefficient (Wildman–Crippen LogP) is 3.61. The summed E-state index contributed by atoms with van der Waals surface area (Å²) in [4.78, 5) is 16.1. The summed E-state index contributed by atoms with van der Waals surface area (Å²) < 4.78 is 16.5. The first-order valence-corrected chi connectivity index (χ1v) is 10.3. The summed E-state index contributed by atoms with van der Waals surface area (Å²) in [5, 5.41) is 22.9. The molecule has 1 amide bonds. The largest absolute Gasteiger partial charge is 0.371 e. The van der Waals surface area contributed by atoms with E-state index < -0.39 is 17.8 Å². The summed E-state index contributed by atoms with van der Waals surface area (Å²) in [6.45, 7) is 1.57. The molecule has 0 aliphatic carbocycles. The molecular formula is C23H22FN7OS. The van der Waals surface area contributed by atoms with E-state index in [0.717, 1.165) is 17.3 Å². The first-order chi connectivity index (χ1) is 15.8. The third-order valence-corrected chi connectivity index (χ3v) is 4.94. The summed E-state index contributed by atoms with van der Waals surface area (Å²) >= 11 is 4.23. The molecule has 0 bridgehead atoms. The minimum absolute atomic E-state index is 0.00282. The van der Waals surface area contributed by atoms with Crippen molar-refractivity contribution in [3.05, 3.63) is 83.2 Å². The lowest BCUT2D eigenvalue weighted by Gasteiger charge is -2.19. The molecule has 1 aromatic heterocycles. The monoisotopic (exact) mass is 463 g/mol. The molecule has 33 heavy (non-hydrogen) atoms. The van der Waals surface area contributed by atoms with Crippen LogP contribution in [0, 0.1) is 22.6 Å². The van der Waals surface area contributed by atoms with Gasteiger partial charge in [0.15, 0.2) is 0 Å². The van der Waals surface area contributed by atoms with Gasteiger partial charge in [-0.3, -0.25) is 4.79 Å². The van der Waals surface area contributed by atoms with E-state index in [2.05, 4.69) is 28.2 Å². The number of primary amides is 1. The number of imidazole rings is 1. The number of nitrogens with one attached hydrogen (secondary N) is 3. The molecule has 3 aromatic rings. The van der Waals surface area contributed by atoms with E-state index in [-0.39, 0.29) is 29.1 Å². The van der Waals surface area contributed by atoms with Crippen LogP contribution < -0.4 is 16.4 Å². The third-order valence-electron chi connectivity index (χ3n) is 4.70. The molecule has 0 saturated carbocycles. The highest BCUT2D eigenvalue weighted by molar-refractivity contribution is 7.84. The molecule has 0 aliphatic heterocycles. The number of nitrogens with two attached hydrogens (primary N) is 1. The number of nitriles is 1. The lowest BCUT2D eigenvalue weighted by Crippen LogP contribution is -2.37. The van der Waals surface area contributed by atoms with Gasteiger partial charge in [0.2, 0.25) is 5.91 Å². The second-order valence-electron chi connectivity index (χ2n) is 7.27. The van der Waals surface area contributed by atoms with Gasteiger partial charge in [0.25, 0.3) is 0 Å². The predicted molar refractivity (Wildman–Crippen MR) is 129 cm³/mol. The van der Waals surface area contributed by atoms with Crippen LogP contribution in [0.5, 0.6) is 0 Å². The van der Waals surface area contributed by atoms with Crippen LogP contribution in [-0.4, -0.2) is 27.2 Å². The number of hydrogen-bond acceptors (Lipinski definition) is 7. The Hall–Kier alpha value is -4.10. The van der Waals surface area contributed by atoms with Crippen molar-refractivity contribution in [2.45, 2.75) is 19.4 Å². The van der Waals surface area contributed by atoms with Crippen LogP contribution in [0.15, 0.2) is 66.2 Å². The molecule has 0 saturated heterocycles. The number of aromatic nitrogens is 2. The Morgan fingerprint density at radius 3 is 2.67 bits per heavy atom. The van der Waals surface area contributed by atoms with Gasteiger partial charge in [-0.2, -0.15) is 5.26 Å². The summed E-state index contributed by atoms with van der Waals surface area (Å²) in [5.74, 6) is -1.35. The highest BCUT2D eigenvalue weighted by atomic mass is 32.1. The van der Waals surface area contributed by atoms with Gasteiger partial charge in [0, 0.05) is 30.2 Å². The molecule has 1 heterocycles. The molecule has 3 rings (SSSR count). The quantitative estimate of drug-likeness (QED) is 0.244. The Labute approximate surface area is 195 Å². The maximum absolute atomic E-state index is 14.7. The van der Waals surface area contributed by atoms with Crippen LogP contribution in [0.2, 0.25) is 0 Å². The van der Waals surface area contributed by atoms with Crippen LogP contribution in [0.3, 0.4) is 0 Å². The normalized spacial score (nSPS) is 12.0. The lowest BCUT2D eigenvalue weighted by molar-refractivity contribution is -0.118. The van der Waals surface area contributed by atoms with Gasteiger partial charge in [0.1, 0.15) is 17.9 Å². The van der Waals surface area contributed by atoms with Gasteiger partial charge >= 0.3 is 0 Å². The molecule has 8 nitrogen and oxygen atoms in total. The van der Waals surface area contributed by atoms with Crippen molar-refractivity contribution in [1.82, 2.24) is 9.55 Å². The molecule has 0 fully saturated rings. The fourth-order valence-corrected chi connectivity index (χ4v) is 3.44. The van der Waals surface area contributed by atoms with Gasteiger partial charge in [-0.15, -0.1) is 12.6 Å². The van der Waals surface area contributed by atoms with Crippen LogP contribution >= 0.6 is 12.6 Å². The molecule has 0 unspecified atom stereocenters. The molecule has 0 spiro atoms. The first-order valence-electron chi connectivity index (χ1n) is 9.86. The Kier molecular flexibility index (Phi) is 7.48. The van der Waals surface area contributed by atoms with E-state index in [4.69, 9.17) is 11.1 Å². The van der Waals surface area contributed by atoms with E-state index in [9.17, 15) is 14.4 Å². The fraction of sp³-hybridized carbons (Fsp3) is 0.130. The number of amides is 1. The number of hydrogen-bond donors (Lipinski definition) is 5. The summed E-state index contributed by atoms with van der Waals surface area (Å²) in [6, 6.07) is 10.9. The maximum Gasteiger partial charge on any atom is 0.240 e. The third kappa shape index (κ3) is 6.21. The molecular weight excluding hydrogens is 441 g/mol. The fourth-order valence-electron chi connectivity index (χ4n) is 3.12. The summed E-state index contributed by atoms with van der Waals surface area (Å²) in [7, 11) is 0. The average Bonchev–Trinajstić information content (AvgIpc) is 3.30. The van der Waals surface area contributed by atoms with Crippen molar-refractivity contribution >= 4 is 35.6 Å². The molecule has 2 aromatic carbocycles. The van der Waals surface area contributed by atoms with E-state index in [1.54, 1.807) is 19.4 Å². The van der Waals surface area contributed by atoms with Gasteiger partial charge < -0.3 is 26.3 Å². The van der Waals surface area contributed by atoms with Crippen LogP contribution in [0.1, 0.15) is 18.1 Å². The number of anilines is 2. The Morgan fingerprint density at radius 1 is 1.36 bits per heavy atom. The summed E-state index contributed by atoms with van der Waals surface area (Å²) in [6.07, 6.45) is 6.84. The standard InChI is InChI=1S/C23H22FN7OS/c1-14(26)8-22(33)30-19-11-20(18(24)10-16(19)12-25)29-21(23(27)32)9-15-2-4-17(5-3-15)31-7-6-28-13-31/h2-8,10-11,13,21,26,29-30,33H,9H2,1H3,(H2,27,32)/b22-8-,26-14?/t21-/m1/s1. The van der Waals surface area contributed by atoms with Crippen molar-refractivity contribution in [2.75, 3.05) is 10.6 Å². The maximum atomic E-state index is 14.7. The average molecular weight is 464 g/mol. The highest BCUT2D eigenvalue weighted by Crippen LogP contribution is 2.27. The van der Waals surface area contributed by atoms with E-state index >= 15 is 0 Å². The Balaban J connectivity index is 1.82. The van der Waals surface area contributed by atoms with Gasteiger partial charge in [-0.25, -0.2) is 9.37 Å². The van der Waals surface area contributed by atoms with E-state index in [1.165, 1.54) is 12.1 Å². The van der Waals surface area contributed by atoms with Crippen LogP contribution in [0.4, 0.5) is 15.8 Å². The number of nitrogens with zero attached hydrogens (tertiary/aromatic N) is 3. The van der Waals surface area contributed by atoms with E-state index in [1.807, 2.05) is 41.1 Å². The molecule has 0 aliphatic rings. The molecule has 10 heteroatoms. The van der Waals surface area contributed by atoms with E-state index in [0.29, 0.717) is 5.03 Å². The zero-order valence-electron chi connectivity index (χ0n) is 17.7. The zero-order valence-corrected chi connectivity index (χ0v) is 18.6. The Bertz CT molecular complexity index is 1230. The number of benzene rings is 2. The molecule has 168 valence electrons. The number of allylic oxidation sites excluding steroid dienone is 1. The van der Waals surface area contributed by atoms with Gasteiger partial charge in [-0.05, 0) is 42.8 Å². The minimum Gasteiger partial charge on any atom is -0.371 e. The number of halogens is 1. The number of carbonyl (C=O) groups is 1. The summed E-state index contributed by atoms with van der Waals surface area (Å²) in [5.41, 5.74) is 7.88.